The van der Waals surface area contributed by atoms with Crippen molar-refractivity contribution < 1.29 is 9.21 Å². The van der Waals surface area contributed by atoms with Crippen LogP contribution in [-0.2, 0) is 6.54 Å². The average molecular weight is 312 g/mol. The van der Waals surface area contributed by atoms with Gasteiger partial charge < -0.3 is 9.32 Å². The fraction of sp³-hybridized carbons (Fsp3) is 0.462. The topological polar surface area (TPSA) is 59.2 Å². The Morgan fingerprint density at radius 1 is 1.55 bits per heavy atom. The van der Waals surface area contributed by atoms with Gasteiger partial charge in [0, 0.05) is 13.0 Å². The van der Waals surface area contributed by atoms with Crippen LogP contribution in [0.3, 0.4) is 0 Å². The molecule has 0 bridgehead atoms. The Kier molecular flexibility index (Phi) is 3.52. The Labute approximate surface area is 125 Å². The first kappa shape index (κ1) is 13.6. The summed E-state index contributed by atoms with van der Waals surface area (Å²) in [5.41, 5.74) is 0. The van der Waals surface area contributed by atoms with E-state index in [1.807, 2.05) is 12.1 Å². The Balaban J connectivity index is 1.65. The second kappa shape index (κ2) is 5.18. The number of furan rings is 1. The van der Waals surface area contributed by atoms with E-state index in [0.717, 1.165) is 22.9 Å². The van der Waals surface area contributed by atoms with Crippen LogP contribution in [0.1, 0.15) is 40.6 Å². The summed E-state index contributed by atoms with van der Waals surface area (Å²) in [5.74, 6) is 2.86. The second-order valence-corrected chi connectivity index (χ2v) is 6.70. The van der Waals surface area contributed by atoms with Gasteiger partial charge in [-0.15, -0.1) is 10.2 Å². The van der Waals surface area contributed by atoms with Gasteiger partial charge in [0.25, 0.3) is 5.91 Å². The van der Waals surface area contributed by atoms with Gasteiger partial charge >= 0.3 is 0 Å². The van der Waals surface area contributed by atoms with Crippen LogP contribution in [0.2, 0.25) is 4.47 Å². The Hall–Kier alpha value is -1.40. The molecule has 1 amide bonds. The summed E-state index contributed by atoms with van der Waals surface area (Å²) in [6, 6.07) is 3.93. The molecule has 0 aliphatic heterocycles. The predicted octanol–water partition coefficient (Wildman–Crippen LogP) is 3.18. The molecular formula is C13H14ClN3O2S. The van der Waals surface area contributed by atoms with Gasteiger partial charge in [-0.05, 0) is 36.1 Å². The first-order valence-electron chi connectivity index (χ1n) is 6.37. The average Bonchev–Trinajstić information content (AvgIpc) is 2.80. The van der Waals surface area contributed by atoms with Crippen molar-refractivity contribution in [3.05, 3.63) is 33.1 Å². The van der Waals surface area contributed by atoms with Crippen molar-refractivity contribution >= 4 is 28.8 Å². The van der Waals surface area contributed by atoms with E-state index in [0.29, 0.717) is 23.4 Å². The van der Waals surface area contributed by atoms with Gasteiger partial charge in [0.2, 0.25) is 9.47 Å². The minimum atomic E-state index is -0.202. The lowest BCUT2D eigenvalue weighted by Gasteiger charge is -2.13. The summed E-state index contributed by atoms with van der Waals surface area (Å²) in [6.45, 7) is 2.62. The van der Waals surface area contributed by atoms with Gasteiger partial charge in [-0.2, -0.15) is 0 Å². The summed E-state index contributed by atoms with van der Waals surface area (Å²) >= 11 is 6.76. The molecule has 1 saturated carbocycles. The zero-order chi connectivity index (χ0) is 14.3. The van der Waals surface area contributed by atoms with E-state index in [1.54, 1.807) is 11.9 Å². The Morgan fingerprint density at radius 2 is 2.30 bits per heavy atom. The third-order valence-corrected chi connectivity index (χ3v) is 4.49. The maximum atomic E-state index is 12.1. The van der Waals surface area contributed by atoms with Crippen LogP contribution in [0.25, 0.3) is 0 Å². The number of amides is 1. The quantitative estimate of drug-likeness (QED) is 0.870. The maximum Gasteiger partial charge on any atom is 0.285 e. The number of carbonyl (C=O) groups is 1. The lowest BCUT2D eigenvalue weighted by Crippen LogP contribution is -2.25. The third-order valence-electron chi connectivity index (χ3n) is 3.48. The summed E-state index contributed by atoms with van der Waals surface area (Å²) < 4.78 is 6.06. The molecule has 2 atom stereocenters. The summed E-state index contributed by atoms with van der Waals surface area (Å²) in [5, 5.41) is 7.67. The fourth-order valence-corrected chi connectivity index (χ4v) is 2.98. The zero-order valence-corrected chi connectivity index (χ0v) is 12.7. The third kappa shape index (κ3) is 2.71. The molecule has 5 nitrogen and oxygen atoms in total. The molecule has 7 heteroatoms. The van der Waals surface area contributed by atoms with Crippen LogP contribution < -0.4 is 0 Å². The van der Waals surface area contributed by atoms with Gasteiger partial charge in [-0.3, -0.25) is 4.79 Å². The molecule has 2 heterocycles. The van der Waals surface area contributed by atoms with Crippen LogP contribution in [0, 0.1) is 5.92 Å². The SMILES string of the molecule is CC1CC1c1ccc(CN(C)C(=O)c2nnc(Cl)s2)o1. The van der Waals surface area contributed by atoms with E-state index >= 15 is 0 Å². The maximum absolute atomic E-state index is 12.1. The van der Waals surface area contributed by atoms with Crippen LogP contribution in [-0.4, -0.2) is 28.1 Å². The largest absolute Gasteiger partial charge is 0.464 e. The predicted molar refractivity (Wildman–Crippen MR) is 75.9 cm³/mol. The van der Waals surface area contributed by atoms with Crippen molar-refractivity contribution in [2.24, 2.45) is 5.92 Å². The van der Waals surface area contributed by atoms with Crippen molar-refractivity contribution in [2.75, 3.05) is 7.05 Å². The van der Waals surface area contributed by atoms with E-state index in [-0.39, 0.29) is 10.4 Å². The van der Waals surface area contributed by atoms with Crippen molar-refractivity contribution in [1.82, 2.24) is 15.1 Å². The van der Waals surface area contributed by atoms with Crippen LogP contribution >= 0.6 is 22.9 Å². The molecule has 3 rings (SSSR count). The summed E-state index contributed by atoms with van der Waals surface area (Å²) in [6.07, 6.45) is 1.19. The molecule has 0 radical (unpaired) electrons. The first-order valence-corrected chi connectivity index (χ1v) is 7.57. The zero-order valence-electron chi connectivity index (χ0n) is 11.2. The number of rotatable bonds is 4. The van der Waals surface area contributed by atoms with Crippen LogP contribution in [0.4, 0.5) is 0 Å². The van der Waals surface area contributed by atoms with E-state index in [4.69, 9.17) is 16.0 Å². The lowest BCUT2D eigenvalue weighted by atomic mass is 10.3. The smallest absolute Gasteiger partial charge is 0.285 e. The molecule has 106 valence electrons. The van der Waals surface area contributed by atoms with Crippen LogP contribution in [0.5, 0.6) is 0 Å². The number of nitrogens with zero attached hydrogens (tertiary/aromatic N) is 3. The van der Waals surface area contributed by atoms with Crippen molar-refractivity contribution in [3.8, 4) is 0 Å². The molecule has 0 N–H and O–H groups in total. The second-order valence-electron chi connectivity index (χ2n) is 5.14. The molecule has 20 heavy (non-hydrogen) atoms. The molecule has 2 aromatic heterocycles. The molecule has 1 fully saturated rings. The van der Waals surface area contributed by atoms with Crippen molar-refractivity contribution in [1.29, 1.82) is 0 Å². The Bertz CT molecular complexity index is 639. The van der Waals surface area contributed by atoms with E-state index in [9.17, 15) is 4.79 Å². The van der Waals surface area contributed by atoms with Crippen molar-refractivity contribution in [3.63, 3.8) is 0 Å². The lowest BCUT2D eigenvalue weighted by molar-refractivity contribution is 0.0773. The molecule has 1 aliphatic carbocycles. The summed E-state index contributed by atoms with van der Waals surface area (Å²) in [4.78, 5) is 13.7. The monoisotopic (exact) mass is 311 g/mol. The first-order chi connectivity index (χ1) is 9.54. The molecule has 0 saturated heterocycles. The van der Waals surface area contributed by atoms with Gasteiger partial charge in [-0.25, -0.2) is 0 Å². The standard InChI is InChI=1S/C13H14ClN3O2S/c1-7-5-9(7)10-4-3-8(19-10)6-17(2)12(18)11-15-16-13(14)20-11/h3-4,7,9H,5-6H2,1-2H3. The number of hydrogen-bond acceptors (Lipinski definition) is 5. The van der Waals surface area contributed by atoms with E-state index in [1.165, 1.54) is 6.42 Å². The molecule has 2 unspecified atom stereocenters. The number of aromatic nitrogens is 2. The molecule has 0 aromatic carbocycles. The van der Waals surface area contributed by atoms with Gasteiger partial charge in [-0.1, -0.05) is 18.3 Å². The number of carbonyl (C=O) groups excluding carboxylic acids is 1. The minimum absolute atomic E-state index is 0.202. The van der Waals surface area contributed by atoms with Gasteiger partial charge in [0.15, 0.2) is 0 Å². The number of halogens is 1. The van der Waals surface area contributed by atoms with Crippen molar-refractivity contribution in [2.45, 2.75) is 25.8 Å². The normalized spacial score (nSPS) is 20.9. The van der Waals surface area contributed by atoms with E-state index in [2.05, 4.69) is 17.1 Å². The highest BCUT2D eigenvalue weighted by atomic mass is 35.5. The molecule has 1 aliphatic rings. The summed E-state index contributed by atoms with van der Waals surface area (Å²) in [7, 11) is 1.71. The van der Waals surface area contributed by atoms with Gasteiger partial charge in [0.05, 0.1) is 6.54 Å². The highest BCUT2D eigenvalue weighted by Gasteiger charge is 2.36. The van der Waals surface area contributed by atoms with E-state index < -0.39 is 0 Å². The molecule has 0 spiro atoms. The molecule has 2 aromatic rings. The highest BCUT2D eigenvalue weighted by molar-refractivity contribution is 7.17. The highest BCUT2D eigenvalue weighted by Crippen LogP contribution is 2.47. The van der Waals surface area contributed by atoms with Crippen LogP contribution in [0.15, 0.2) is 16.5 Å². The minimum Gasteiger partial charge on any atom is -0.464 e. The van der Waals surface area contributed by atoms with Gasteiger partial charge in [0.1, 0.15) is 11.5 Å². The number of hydrogen-bond donors (Lipinski definition) is 0. The molecular weight excluding hydrogens is 298 g/mol. The fourth-order valence-electron chi connectivity index (χ4n) is 2.16. The Morgan fingerprint density at radius 3 is 2.90 bits per heavy atom.